The lowest BCUT2D eigenvalue weighted by molar-refractivity contribution is 1.13. The van der Waals surface area contributed by atoms with Crippen LogP contribution in [-0.4, -0.2) is 18.5 Å². The van der Waals surface area contributed by atoms with E-state index < -0.39 is 0 Å². The molecule has 1 aromatic heterocycles. The molecule has 0 amide bonds. The lowest BCUT2D eigenvalue weighted by atomic mass is 10.1. The molecule has 15 heavy (non-hydrogen) atoms. The summed E-state index contributed by atoms with van der Waals surface area (Å²) in [6, 6.07) is 10.1. The summed E-state index contributed by atoms with van der Waals surface area (Å²) in [4.78, 5) is 2.07. The Balaban J connectivity index is 2.31. The van der Waals surface area contributed by atoms with Crippen LogP contribution in [-0.2, 0) is 0 Å². The predicted octanol–water partition coefficient (Wildman–Crippen LogP) is 3.53. The van der Waals surface area contributed by atoms with E-state index in [1.807, 2.05) is 20.2 Å². The van der Waals surface area contributed by atoms with Crippen molar-refractivity contribution in [2.45, 2.75) is 0 Å². The Labute approximate surface area is 98.3 Å². The zero-order valence-electron chi connectivity index (χ0n) is 8.57. The lowest BCUT2D eigenvalue weighted by Crippen LogP contribution is -2.07. The zero-order chi connectivity index (χ0) is 10.8. The molecule has 0 aliphatic rings. The molecule has 0 saturated carbocycles. The van der Waals surface area contributed by atoms with Crippen molar-refractivity contribution in [3.8, 4) is 11.3 Å². The molecule has 2 aromatic rings. The van der Waals surface area contributed by atoms with Gasteiger partial charge < -0.3 is 4.90 Å². The summed E-state index contributed by atoms with van der Waals surface area (Å²) in [5, 5.41) is 0. The molecule has 0 radical (unpaired) electrons. The number of halogens is 1. The molecule has 0 saturated heterocycles. The molecule has 0 bridgehead atoms. The molecule has 2 rings (SSSR count). The minimum Gasteiger partial charge on any atom is -0.378 e. The number of hydrogen-bond donors (Lipinski definition) is 0. The number of anilines is 1. The molecule has 0 aliphatic heterocycles. The van der Waals surface area contributed by atoms with Crippen LogP contribution in [0.3, 0.4) is 0 Å². The van der Waals surface area contributed by atoms with Crippen molar-refractivity contribution < 1.29 is 0 Å². The summed E-state index contributed by atoms with van der Waals surface area (Å²) >= 11 is 7.15. The number of hydrogen-bond acceptors (Lipinski definition) is 3. The summed E-state index contributed by atoms with van der Waals surface area (Å²) in [7, 11) is 4.05. The van der Waals surface area contributed by atoms with Gasteiger partial charge in [-0.05, 0) is 29.7 Å². The standard InChI is InChI=1S/C11H11ClN2S/c1-14(2)9-5-3-8(4-6-9)10-7-11(12)15-13-10/h3-7H,1-2H3. The van der Waals surface area contributed by atoms with E-state index in [9.17, 15) is 0 Å². The fourth-order valence-electron chi connectivity index (χ4n) is 1.32. The van der Waals surface area contributed by atoms with Crippen molar-refractivity contribution in [1.82, 2.24) is 4.37 Å². The van der Waals surface area contributed by atoms with Crippen molar-refractivity contribution in [1.29, 1.82) is 0 Å². The van der Waals surface area contributed by atoms with Gasteiger partial charge >= 0.3 is 0 Å². The van der Waals surface area contributed by atoms with Crippen LogP contribution in [0, 0.1) is 0 Å². The van der Waals surface area contributed by atoms with Gasteiger partial charge in [-0.25, -0.2) is 0 Å². The number of rotatable bonds is 2. The third-order valence-electron chi connectivity index (χ3n) is 2.16. The van der Waals surface area contributed by atoms with Crippen LogP contribution in [0.1, 0.15) is 0 Å². The van der Waals surface area contributed by atoms with E-state index in [0.29, 0.717) is 0 Å². The Kier molecular flexibility index (Phi) is 2.93. The van der Waals surface area contributed by atoms with Crippen molar-refractivity contribution in [2.75, 3.05) is 19.0 Å². The molecule has 2 nitrogen and oxygen atoms in total. The van der Waals surface area contributed by atoms with E-state index >= 15 is 0 Å². The summed E-state index contributed by atoms with van der Waals surface area (Å²) in [5.41, 5.74) is 3.22. The molecule has 0 fully saturated rings. The van der Waals surface area contributed by atoms with E-state index in [0.717, 1.165) is 15.6 Å². The van der Waals surface area contributed by atoms with E-state index in [-0.39, 0.29) is 0 Å². The van der Waals surface area contributed by atoms with Gasteiger partial charge in [0.25, 0.3) is 0 Å². The highest BCUT2D eigenvalue weighted by molar-refractivity contribution is 7.10. The third-order valence-corrected chi connectivity index (χ3v) is 3.06. The Morgan fingerprint density at radius 3 is 2.33 bits per heavy atom. The zero-order valence-corrected chi connectivity index (χ0v) is 10.1. The molecule has 78 valence electrons. The Morgan fingerprint density at radius 2 is 1.87 bits per heavy atom. The third kappa shape index (κ3) is 2.30. The first-order valence-corrected chi connectivity index (χ1v) is 5.72. The molecule has 0 aliphatic carbocycles. The quantitative estimate of drug-likeness (QED) is 0.796. The maximum atomic E-state index is 5.84. The summed E-state index contributed by atoms with van der Waals surface area (Å²) < 4.78 is 4.98. The maximum absolute atomic E-state index is 5.84. The van der Waals surface area contributed by atoms with Crippen LogP contribution in [0.25, 0.3) is 11.3 Å². The Hall–Kier alpha value is -1.06. The second kappa shape index (κ2) is 4.21. The van der Waals surface area contributed by atoms with Crippen molar-refractivity contribution >= 4 is 28.8 Å². The van der Waals surface area contributed by atoms with Gasteiger partial charge in [0.05, 0.1) is 5.69 Å². The first kappa shape index (κ1) is 10.5. The largest absolute Gasteiger partial charge is 0.378 e. The fourth-order valence-corrected chi connectivity index (χ4v) is 2.03. The van der Waals surface area contributed by atoms with Crippen LogP contribution >= 0.6 is 23.1 Å². The summed E-state index contributed by atoms with van der Waals surface area (Å²) in [6.45, 7) is 0. The maximum Gasteiger partial charge on any atom is 0.114 e. The average molecular weight is 239 g/mol. The molecule has 1 heterocycles. The molecular weight excluding hydrogens is 228 g/mol. The number of aromatic nitrogens is 1. The van der Waals surface area contributed by atoms with Crippen LogP contribution in [0.2, 0.25) is 4.34 Å². The molecule has 1 aromatic carbocycles. The normalized spacial score (nSPS) is 10.3. The minimum atomic E-state index is 0.724. The van der Waals surface area contributed by atoms with Gasteiger partial charge in [-0.15, -0.1) is 0 Å². The molecule has 0 atom stereocenters. The first-order chi connectivity index (χ1) is 7.16. The molecular formula is C11H11ClN2S. The summed E-state index contributed by atoms with van der Waals surface area (Å²) in [6.07, 6.45) is 0. The molecule has 0 N–H and O–H groups in total. The van der Waals surface area contributed by atoms with E-state index in [4.69, 9.17) is 11.6 Å². The van der Waals surface area contributed by atoms with Crippen LogP contribution in [0.4, 0.5) is 5.69 Å². The summed E-state index contributed by atoms with van der Waals surface area (Å²) in [5.74, 6) is 0. The van der Waals surface area contributed by atoms with Crippen molar-refractivity contribution in [3.05, 3.63) is 34.7 Å². The highest BCUT2D eigenvalue weighted by atomic mass is 35.5. The molecule has 0 spiro atoms. The number of nitrogens with zero attached hydrogens (tertiary/aromatic N) is 2. The highest BCUT2D eigenvalue weighted by Crippen LogP contribution is 2.26. The Bertz CT molecular complexity index is 448. The van der Waals surface area contributed by atoms with Crippen LogP contribution in [0.5, 0.6) is 0 Å². The topological polar surface area (TPSA) is 16.1 Å². The smallest absolute Gasteiger partial charge is 0.114 e. The van der Waals surface area contributed by atoms with E-state index in [2.05, 4.69) is 33.5 Å². The highest BCUT2D eigenvalue weighted by Gasteiger charge is 2.03. The van der Waals surface area contributed by atoms with Gasteiger partial charge in [0.2, 0.25) is 0 Å². The first-order valence-electron chi connectivity index (χ1n) is 4.57. The Morgan fingerprint density at radius 1 is 1.20 bits per heavy atom. The van der Waals surface area contributed by atoms with Crippen LogP contribution < -0.4 is 4.90 Å². The second-order valence-electron chi connectivity index (χ2n) is 3.46. The second-order valence-corrected chi connectivity index (χ2v) is 4.89. The lowest BCUT2D eigenvalue weighted by Gasteiger charge is -2.11. The number of benzene rings is 1. The van der Waals surface area contributed by atoms with Crippen molar-refractivity contribution in [3.63, 3.8) is 0 Å². The van der Waals surface area contributed by atoms with Gasteiger partial charge in [-0.1, -0.05) is 23.7 Å². The average Bonchev–Trinajstić information content (AvgIpc) is 2.65. The molecule has 0 unspecified atom stereocenters. The fraction of sp³-hybridized carbons (Fsp3) is 0.182. The van der Waals surface area contributed by atoms with Gasteiger partial charge in [-0.3, -0.25) is 0 Å². The predicted molar refractivity (Wildman–Crippen MR) is 66.9 cm³/mol. The van der Waals surface area contributed by atoms with Gasteiger partial charge in [-0.2, -0.15) is 4.37 Å². The molecule has 4 heteroatoms. The van der Waals surface area contributed by atoms with Gasteiger partial charge in [0.1, 0.15) is 4.34 Å². The van der Waals surface area contributed by atoms with Gasteiger partial charge in [0.15, 0.2) is 0 Å². The monoisotopic (exact) mass is 238 g/mol. The van der Waals surface area contributed by atoms with E-state index in [1.165, 1.54) is 17.2 Å². The van der Waals surface area contributed by atoms with Crippen LogP contribution in [0.15, 0.2) is 30.3 Å². The van der Waals surface area contributed by atoms with Crippen molar-refractivity contribution in [2.24, 2.45) is 0 Å². The van der Waals surface area contributed by atoms with Gasteiger partial charge in [0, 0.05) is 25.3 Å². The minimum absolute atomic E-state index is 0.724. The SMILES string of the molecule is CN(C)c1ccc(-c2cc(Cl)sn2)cc1. The van der Waals surface area contributed by atoms with E-state index in [1.54, 1.807) is 0 Å².